The Morgan fingerprint density at radius 3 is 2.36 bits per heavy atom. The highest BCUT2D eigenvalue weighted by molar-refractivity contribution is 7.91. The number of carbonyl (C=O) groups excluding carboxylic acids is 1. The third-order valence-electron chi connectivity index (χ3n) is 4.94. The number of carbonyl (C=O) groups is 1. The lowest BCUT2D eigenvalue weighted by molar-refractivity contribution is -0.142. The molecule has 0 radical (unpaired) electrons. The van der Waals surface area contributed by atoms with E-state index in [0.29, 0.717) is 0 Å². The Morgan fingerprint density at radius 2 is 1.78 bits per heavy atom. The summed E-state index contributed by atoms with van der Waals surface area (Å²) < 4.78 is 99.0. The number of aryl methyl sites for hydroxylation is 1. The molecule has 8 nitrogen and oxygen atoms in total. The number of amides is 1. The maximum atomic E-state index is 14.7. The van der Waals surface area contributed by atoms with Crippen LogP contribution in [0.3, 0.4) is 0 Å². The van der Waals surface area contributed by atoms with Crippen molar-refractivity contribution in [2.24, 2.45) is 0 Å². The summed E-state index contributed by atoms with van der Waals surface area (Å²) in [6, 6.07) is 6.26. The number of hydrogen-bond acceptors (Lipinski definition) is 7. The fraction of sp³-hybridized carbons (Fsp3) is 0.227. The van der Waals surface area contributed by atoms with Crippen molar-refractivity contribution >= 4 is 21.3 Å². The van der Waals surface area contributed by atoms with E-state index in [1.54, 1.807) is 0 Å². The van der Waals surface area contributed by atoms with Gasteiger partial charge in [-0.05, 0) is 49.2 Å². The minimum Gasteiger partial charge on any atom is -0.491 e. The van der Waals surface area contributed by atoms with Gasteiger partial charge < -0.3 is 14.8 Å². The van der Waals surface area contributed by atoms with Gasteiger partial charge in [-0.1, -0.05) is 6.07 Å². The van der Waals surface area contributed by atoms with Crippen LogP contribution < -0.4 is 14.8 Å². The predicted octanol–water partition coefficient (Wildman–Crippen LogP) is 5.48. The lowest BCUT2D eigenvalue weighted by Gasteiger charge is -2.17. The van der Waals surface area contributed by atoms with E-state index in [2.05, 4.69) is 20.3 Å². The molecule has 192 valence electrons. The Morgan fingerprint density at radius 1 is 1.11 bits per heavy atom. The van der Waals surface area contributed by atoms with E-state index in [-0.39, 0.29) is 16.1 Å². The molecule has 0 aliphatic rings. The minimum atomic E-state index is -4.98. The van der Waals surface area contributed by atoms with Gasteiger partial charge in [0.25, 0.3) is 11.8 Å². The van der Waals surface area contributed by atoms with E-state index in [0.717, 1.165) is 26.4 Å². The fourth-order valence-corrected chi connectivity index (χ4v) is 3.88. The number of halogens is 5. The van der Waals surface area contributed by atoms with Crippen molar-refractivity contribution < 1.29 is 40.4 Å². The van der Waals surface area contributed by atoms with Gasteiger partial charge in [-0.3, -0.25) is 4.79 Å². The SMILES string of the molecule is COc1c(F)c(C)cc(Oc2nnc(C(F)(F)F)c(C)c2C(=O)Nc2cccc(S(C)(=N)=O)c2)c1F. The van der Waals surface area contributed by atoms with E-state index < -0.39 is 67.6 Å². The molecule has 1 heterocycles. The molecule has 1 atom stereocenters. The number of methoxy groups -OCH3 is 1. The van der Waals surface area contributed by atoms with Gasteiger partial charge in [-0.15, -0.1) is 10.2 Å². The number of ether oxygens (including phenoxy) is 2. The third kappa shape index (κ3) is 5.37. The molecule has 1 aromatic heterocycles. The second-order valence-corrected chi connectivity index (χ2v) is 9.79. The van der Waals surface area contributed by atoms with E-state index in [4.69, 9.17) is 9.52 Å². The van der Waals surface area contributed by atoms with Gasteiger partial charge in [0, 0.05) is 16.8 Å². The first kappa shape index (κ1) is 26.8. The quantitative estimate of drug-likeness (QED) is 0.408. The molecule has 0 saturated heterocycles. The fourth-order valence-electron chi connectivity index (χ4n) is 3.19. The number of anilines is 1. The van der Waals surface area contributed by atoms with Crippen LogP contribution in [0.5, 0.6) is 17.4 Å². The van der Waals surface area contributed by atoms with Crippen molar-refractivity contribution in [3.8, 4) is 17.4 Å². The van der Waals surface area contributed by atoms with Gasteiger partial charge in [0.1, 0.15) is 5.56 Å². The van der Waals surface area contributed by atoms with Crippen molar-refractivity contribution in [2.45, 2.75) is 24.9 Å². The van der Waals surface area contributed by atoms with E-state index >= 15 is 0 Å². The molecular weight excluding hydrogens is 511 g/mol. The number of hydrogen-bond donors (Lipinski definition) is 2. The average molecular weight is 530 g/mol. The summed E-state index contributed by atoms with van der Waals surface area (Å²) in [5.74, 6) is -5.73. The van der Waals surface area contributed by atoms with Crippen LogP contribution in [0.1, 0.15) is 27.2 Å². The summed E-state index contributed by atoms with van der Waals surface area (Å²) in [7, 11) is -2.15. The van der Waals surface area contributed by atoms with Gasteiger partial charge in [0.15, 0.2) is 23.0 Å². The van der Waals surface area contributed by atoms with E-state index in [9.17, 15) is 31.0 Å². The maximum Gasteiger partial charge on any atom is 0.435 e. The number of aromatic nitrogens is 2. The Hall–Kier alpha value is -3.81. The van der Waals surface area contributed by atoms with Gasteiger partial charge in [0.05, 0.1) is 16.8 Å². The molecule has 0 spiro atoms. The normalized spacial score (nSPS) is 13.1. The van der Waals surface area contributed by atoms with Gasteiger partial charge in [-0.2, -0.15) is 17.6 Å². The van der Waals surface area contributed by atoms with Crippen LogP contribution in [0.4, 0.5) is 27.6 Å². The second kappa shape index (κ2) is 9.68. The lowest BCUT2D eigenvalue weighted by atomic mass is 10.1. The smallest absolute Gasteiger partial charge is 0.435 e. The van der Waals surface area contributed by atoms with Crippen molar-refractivity contribution in [2.75, 3.05) is 18.7 Å². The van der Waals surface area contributed by atoms with Crippen molar-refractivity contribution in [1.82, 2.24) is 10.2 Å². The Balaban J connectivity index is 2.14. The highest BCUT2D eigenvalue weighted by Crippen LogP contribution is 2.38. The highest BCUT2D eigenvalue weighted by atomic mass is 32.2. The highest BCUT2D eigenvalue weighted by Gasteiger charge is 2.38. The van der Waals surface area contributed by atoms with Crippen LogP contribution >= 0.6 is 0 Å². The number of alkyl halides is 3. The monoisotopic (exact) mass is 530 g/mol. The topological polar surface area (TPSA) is 114 Å². The second-order valence-electron chi connectivity index (χ2n) is 7.63. The molecule has 2 N–H and O–H groups in total. The standard InChI is InChI=1S/C22H19F5N4O4S/c1-10-8-14(17(24)18(34-3)16(10)23)35-21-15(11(2)19(30-31-21)22(25,26)27)20(32)29-12-6-5-7-13(9-12)36(4,28)33/h5-9,28H,1-4H3,(H,29,32). The van der Waals surface area contributed by atoms with Gasteiger partial charge in [-0.25, -0.2) is 13.4 Å². The number of nitrogens with one attached hydrogen (secondary N) is 2. The van der Waals surface area contributed by atoms with Crippen LogP contribution in [0.15, 0.2) is 35.2 Å². The van der Waals surface area contributed by atoms with E-state index in [1.807, 2.05) is 0 Å². The van der Waals surface area contributed by atoms with E-state index in [1.165, 1.54) is 31.2 Å². The Bertz CT molecular complexity index is 1460. The predicted molar refractivity (Wildman–Crippen MR) is 119 cm³/mol. The molecule has 0 aliphatic heterocycles. The molecule has 1 amide bonds. The Labute approximate surface area is 202 Å². The number of rotatable bonds is 6. The molecule has 0 saturated carbocycles. The zero-order valence-electron chi connectivity index (χ0n) is 19.2. The summed E-state index contributed by atoms with van der Waals surface area (Å²) in [6.07, 6.45) is -3.83. The summed E-state index contributed by atoms with van der Waals surface area (Å²) in [6.45, 7) is 2.22. The lowest BCUT2D eigenvalue weighted by Crippen LogP contribution is -2.21. The minimum absolute atomic E-state index is 0.0144. The molecule has 14 heteroatoms. The Kier molecular flexibility index (Phi) is 7.20. The largest absolute Gasteiger partial charge is 0.491 e. The van der Waals surface area contributed by atoms with Crippen LogP contribution in [0, 0.1) is 30.3 Å². The van der Waals surface area contributed by atoms with Crippen molar-refractivity contribution in [3.63, 3.8) is 0 Å². The van der Waals surface area contributed by atoms with Crippen LogP contribution in [-0.2, 0) is 15.9 Å². The number of benzene rings is 2. The zero-order chi connectivity index (χ0) is 27.0. The van der Waals surface area contributed by atoms with Crippen LogP contribution in [0.2, 0.25) is 0 Å². The van der Waals surface area contributed by atoms with Crippen LogP contribution in [0.25, 0.3) is 0 Å². The van der Waals surface area contributed by atoms with Gasteiger partial charge >= 0.3 is 6.18 Å². The molecule has 3 aromatic rings. The molecule has 0 aliphatic carbocycles. The van der Waals surface area contributed by atoms with Gasteiger partial charge in [0.2, 0.25) is 5.82 Å². The first-order chi connectivity index (χ1) is 16.6. The van der Waals surface area contributed by atoms with Crippen LogP contribution in [-0.4, -0.2) is 33.7 Å². The van der Waals surface area contributed by atoms with Crippen molar-refractivity contribution in [3.05, 3.63) is 64.4 Å². The van der Waals surface area contributed by atoms with Crippen molar-refractivity contribution in [1.29, 1.82) is 4.78 Å². The molecule has 36 heavy (non-hydrogen) atoms. The first-order valence-corrected chi connectivity index (χ1v) is 11.9. The molecular formula is C22H19F5N4O4S. The number of nitrogens with zero attached hydrogens (tertiary/aromatic N) is 2. The molecule has 2 aromatic carbocycles. The molecule has 3 rings (SSSR count). The molecule has 0 bridgehead atoms. The zero-order valence-corrected chi connectivity index (χ0v) is 20.0. The summed E-state index contributed by atoms with van der Waals surface area (Å²) in [5.41, 5.74) is -2.98. The summed E-state index contributed by atoms with van der Waals surface area (Å²) in [4.78, 5) is 13.2. The summed E-state index contributed by atoms with van der Waals surface area (Å²) >= 11 is 0. The molecule has 1 unspecified atom stereocenters. The maximum absolute atomic E-state index is 14.7. The summed E-state index contributed by atoms with van der Waals surface area (Å²) in [5, 5.41) is 8.76. The molecule has 0 fully saturated rings. The first-order valence-electron chi connectivity index (χ1n) is 9.95. The third-order valence-corrected chi connectivity index (χ3v) is 6.10. The average Bonchev–Trinajstić information content (AvgIpc) is 2.76.